The lowest BCUT2D eigenvalue weighted by Gasteiger charge is -2.38. The van der Waals surface area contributed by atoms with Gasteiger partial charge in [0.25, 0.3) is 5.91 Å². The molecular formula is C17H22N2O2S. The van der Waals surface area contributed by atoms with Crippen LogP contribution < -0.4 is 5.32 Å². The van der Waals surface area contributed by atoms with Crippen molar-refractivity contribution in [3.05, 3.63) is 46.0 Å². The second-order valence-electron chi connectivity index (χ2n) is 5.99. The van der Waals surface area contributed by atoms with Gasteiger partial charge in [-0.3, -0.25) is 9.69 Å². The molecule has 0 spiro atoms. The van der Waals surface area contributed by atoms with Gasteiger partial charge in [-0.05, 0) is 56.8 Å². The Bertz CT molecular complexity index is 620. The Balaban J connectivity index is 1.67. The summed E-state index contributed by atoms with van der Waals surface area (Å²) in [6, 6.07) is 6.51. The number of amides is 1. The van der Waals surface area contributed by atoms with E-state index in [0.717, 1.165) is 18.5 Å². The second-order valence-corrected chi connectivity index (χ2v) is 6.97. The van der Waals surface area contributed by atoms with Crippen LogP contribution in [0.2, 0.25) is 0 Å². The first-order valence-electron chi connectivity index (χ1n) is 7.72. The number of hydrogen-bond donors (Lipinski definition) is 1. The summed E-state index contributed by atoms with van der Waals surface area (Å²) in [6.45, 7) is 3.69. The number of likely N-dealkylation sites (tertiary alicyclic amines) is 1. The number of nitrogens with zero attached hydrogens (tertiary/aromatic N) is 1. The molecule has 1 saturated heterocycles. The molecule has 0 unspecified atom stereocenters. The van der Waals surface area contributed by atoms with Gasteiger partial charge >= 0.3 is 0 Å². The topological polar surface area (TPSA) is 45.5 Å². The fourth-order valence-corrected chi connectivity index (χ4v) is 4.28. The third-order valence-corrected chi connectivity index (χ3v) is 5.38. The molecule has 0 radical (unpaired) electrons. The highest BCUT2D eigenvalue weighted by molar-refractivity contribution is 7.10. The Morgan fingerprint density at radius 1 is 1.50 bits per heavy atom. The lowest BCUT2D eigenvalue weighted by Crippen LogP contribution is -2.41. The Morgan fingerprint density at radius 2 is 2.36 bits per heavy atom. The largest absolute Gasteiger partial charge is 0.459 e. The maximum absolute atomic E-state index is 12.2. The minimum absolute atomic E-state index is 0.111. The molecule has 1 aliphatic heterocycles. The normalized spacial score (nSPS) is 22.6. The molecular weight excluding hydrogens is 296 g/mol. The summed E-state index contributed by atoms with van der Waals surface area (Å²) in [5, 5.41) is 5.18. The monoisotopic (exact) mass is 318 g/mol. The third-order valence-electron chi connectivity index (χ3n) is 4.43. The molecule has 118 valence electrons. The molecule has 0 aliphatic carbocycles. The van der Waals surface area contributed by atoms with Crippen LogP contribution in [-0.4, -0.2) is 30.9 Å². The first-order chi connectivity index (χ1) is 10.7. The van der Waals surface area contributed by atoms with E-state index in [0.29, 0.717) is 24.3 Å². The predicted molar refractivity (Wildman–Crippen MR) is 88.2 cm³/mol. The van der Waals surface area contributed by atoms with E-state index in [1.165, 1.54) is 11.3 Å². The molecule has 1 fully saturated rings. The molecule has 3 rings (SSSR count). The quantitative estimate of drug-likeness (QED) is 0.939. The number of carbonyl (C=O) groups is 1. The van der Waals surface area contributed by atoms with E-state index in [4.69, 9.17) is 4.42 Å². The zero-order valence-corrected chi connectivity index (χ0v) is 13.9. The predicted octanol–water partition coefficient (Wildman–Crippen LogP) is 3.46. The molecule has 4 nitrogen and oxygen atoms in total. The summed E-state index contributed by atoms with van der Waals surface area (Å²) < 4.78 is 5.27. The summed E-state index contributed by atoms with van der Waals surface area (Å²) in [6.07, 6.45) is 3.89. The number of hydrogen-bond acceptors (Lipinski definition) is 4. The van der Waals surface area contributed by atoms with Crippen molar-refractivity contribution in [2.24, 2.45) is 5.92 Å². The molecule has 22 heavy (non-hydrogen) atoms. The second kappa shape index (κ2) is 6.67. The smallest absolute Gasteiger partial charge is 0.287 e. The van der Waals surface area contributed by atoms with Gasteiger partial charge in [0.15, 0.2) is 5.76 Å². The number of furan rings is 1. The number of carbonyl (C=O) groups excluding carboxylic acids is 1. The van der Waals surface area contributed by atoms with E-state index in [-0.39, 0.29) is 5.91 Å². The van der Waals surface area contributed by atoms with Gasteiger partial charge in [0, 0.05) is 23.0 Å². The summed E-state index contributed by atoms with van der Waals surface area (Å²) in [5.41, 5.74) is 0.882. The van der Waals surface area contributed by atoms with E-state index >= 15 is 0 Å². The van der Waals surface area contributed by atoms with Crippen LogP contribution in [0.3, 0.4) is 0 Å². The van der Waals surface area contributed by atoms with E-state index < -0.39 is 0 Å². The van der Waals surface area contributed by atoms with Crippen molar-refractivity contribution in [1.82, 2.24) is 10.2 Å². The van der Waals surface area contributed by atoms with Gasteiger partial charge in [0.05, 0.1) is 6.26 Å². The average Bonchev–Trinajstić information content (AvgIpc) is 3.16. The Kier molecular flexibility index (Phi) is 4.64. The van der Waals surface area contributed by atoms with Crippen molar-refractivity contribution >= 4 is 17.2 Å². The summed E-state index contributed by atoms with van der Waals surface area (Å²) in [5.74, 6) is 0.758. The lowest BCUT2D eigenvalue weighted by molar-refractivity contribution is 0.0869. The molecule has 0 bridgehead atoms. The lowest BCUT2D eigenvalue weighted by atomic mass is 9.88. The minimum atomic E-state index is -0.111. The molecule has 1 N–H and O–H groups in total. The minimum Gasteiger partial charge on any atom is -0.459 e. The van der Waals surface area contributed by atoms with Crippen molar-refractivity contribution in [3.63, 3.8) is 0 Å². The standard InChI is InChI=1S/C17H22N2O2S/c1-12-7-9-21-16(12)17(20)18-11-13-5-3-8-19(2)15(13)14-6-4-10-22-14/h4,6-7,9-10,13,15H,3,5,8,11H2,1-2H3,(H,18,20)/t13-,15-/m0/s1. The molecule has 3 heterocycles. The van der Waals surface area contributed by atoms with Crippen LogP contribution in [0.1, 0.15) is 39.9 Å². The van der Waals surface area contributed by atoms with Crippen LogP contribution in [0.5, 0.6) is 0 Å². The van der Waals surface area contributed by atoms with Crippen molar-refractivity contribution in [1.29, 1.82) is 0 Å². The molecule has 2 atom stereocenters. The van der Waals surface area contributed by atoms with E-state index in [2.05, 4.69) is 34.8 Å². The number of nitrogens with one attached hydrogen (secondary N) is 1. The number of thiophene rings is 1. The Morgan fingerprint density at radius 3 is 3.05 bits per heavy atom. The van der Waals surface area contributed by atoms with Crippen LogP contribution in [-0.2, 0) is 0 Å². The fourth-order valence-electron chi connectivity index (χ4n) is 3.29. The highest BCUT2D eigenvalue weighted by atomic mass is 32.1. The molecule has 1 aliphatic rings. The van der Waals surface area contributed by atoms with Crippen molar-refractivity contribution in [2.45, 2.75) is 25.8 Å². The van der Waals surface area contributed by atoms with Crippen LogP contribution >= 0.6 is 11.3 Å². The summed E-state index contributed by atoms with van der Waals surface area (Å²) in [7, 11) is 2.18. The van der Waals surface area contributed by atoms with Crippen molar-refractivity contribution in [3.8, 4) is 0 Å². The first kappa shape index (κ1) is 15.3. The van der Waals surface area contributed by atoms with Gasteiger partial charge < -0.3 is 9.73 Å². The molecule has 2 aromatic heterocycles. The number of piperidine rings is 1. The van der Waals surface area contributed by atoms with Gasteiger partial charge in [-0.2, -0.15) is 0 Å². The van der Waals surface area contributed by atoms with Gasteiger partial charge in [-0.25, -0.2) is 0 Å². The highest BCUT2D eigenvalue weighted by Crippen LogP contribution is 2.36. The summed E-state index contributed by atoms with van der Waals surface area (Å²) >= 11 is 1.80. The van der Waals surface area contributed by atoms with Gasteiger partial charge in [-0.1, -0.05) is 6.07 Å². The fraction of sp³-hybridized carbons (Fsp3) is 0.471. The maximum atomic E-state index is 12.2. The van der Waals surface area contributed by atoms with Crippen LogP contribution in [0.15, 0.2) is 34.3 Å². The van der Waals surface area contributed by atoms with Gasteiger partial charge in [0.1, 0.15) is 0 Å². The van der Waals surface area contributed by atoms with Crippen molar-refractivity contribution < 1.29 is 9.21 Å². The first-order valence-corrected chi connectivity index (χ1v) is 8.60. The molecule has 5 heteroatoms. The van der Waals surface area contributed by atoms with E-state index in [1.54, 1.807) is 17.6 Å². The Hall–Kier alpha value is -1.59. The average molecular weight is 318 g/mol. The number of rotatable bonds is 4. The van der Waals surface area contributed by atoms with Gasteiger partial charge in [-0.15, -0.1) is 11.3 Å². The molecule has 2 aromatic rings. The van der Waals surface area contributed by atoms with Crippen LogP contribution in [0.4, 0.5) is 0 Å². The van der Waals surface area contributed by atoms with E-state index in [9.17, 15) is 4.79 Å². The highest BCUT2D eigenvalue weighted by Gasteiger charge is 2.31. The van der Waals surface area contributed by atoms with Crippen molar-refractivity contribution in [2.75, 3.05) is 20.1 Å². The maximum Gasteiger partial charge on any atom is 0.287 e. The zero-order valence-electron chi connectivity index (χ0n) is 13.0. The molecule has 0 saturated carbocycles. The Labute approximate surface area is 135 Å². The molecule has 1 amide bonds. The third kappa shape index (κ3) is 3.10. The number of aryl methyl sites for hydroxylation is 1. The zero-order chi connectivity index (χ0) is 15.5. The van der Waals surface area contributed by atoms with Crippen LogP contribution in [0.25, 0.3) is 0 Å². The SMILES string of the molecule is Cc1ccoc1C(=O)NC[C@@H]1CCCN(C)[C@@H]1c1cccs1. The summed E-state index contributed by atoms with van der Waals surface area (Å²) in [4.78, 5) is 16.0. The van der Waals surface area contributed by atoms with E-state index in [1.807, 2.05) is 13.0 Å². The molecule has 0 aromatic carbocycles. The van der Waals surface area contributed by atoms with Crippen LogP contribution in [0, 0.1) is 12.8 Å². The van der Waals surface area contributed by atoms with Gasteiger partial charge in [0.2, 0.25) is 0 Å².